The summed E-state index contributed by atoms with van der Waals surface area (Å²) >= 11 is 0. The van der Waals surface area contributed by atoms with Crippen molar-refractivity contribution in [1.29, 1.82) is 0 Å². The monoisotopic (exact) mass is 206 g/mol. The van der Waals surface area contributed by atoms with Crippen LogP contribution in [0.1, 0.15) is 39.0 Å². The van der Waals surface area contributed by atoms with Crippen LogP contribution in [-0.4, -0.2) is 36.6 Å². The topological polar surface area (TPSA) is 15.3 Å². The molecule has 2 nitrogen and oxygen atoms in total. The van der Waals surface area contributed by atoms with Gasteiger partial charge in [0.1, 0.15) is 0 Å². The van der Waals surface area contributed by atoms with E-state index in [0.717, 1.165) is 17.5 Å². The Hall–Kier alpha value is -0.0800. The number of piperidine rings is 1. The van der Waals surface area contributed by atoms with Crippen LogP contribution in [0.3, 0.4) is 0 Å². The number of likely N-dealkylation sites (tertiary alicyclic amines) is 1. The van der Waals surface area contributed by atoms with Crippen LogP contribution in [0, 0.1) is 10.8 Å². The molecule has 84 valence electrons. The van der Waals surface area contributed by atoms with Gasteiger partial charge in [-0.05, 0) is 38.0 Å². The van der Waals surface area contributed by atoms with Crippen molar-refractivity contribution in [2.45, 2.75) is 51.1 Å². The lowest BCUT2D eigenvalue weighted by Gasteiger charge is -2.57. The summed E-state index contributed by atoms with van der Waals surface area (Å²) in [4.78, 5) is 2.74. The van der Waals surface area contributed by atoms with Gasteiger partial charge in [0.05, 0.1) is 0 Å². The number of hydrogen-bond donors (Lipinski definition) is 1. The number of nitrogens with one attached hydrogen (secondary N) is 1. The quantitative estimate of drug-likeness (QED) is 0.738. The number of nitrogens with zero attached hydrogens (tertiary/aromatic N) is 1. The van der Waals surface area contributed by atoms with Crippen LogP contribution < -0.4 is 5.32 Å². The van der Waals surface area contributed by atoms with Gasteiger partial charge in [0.15, 0.2) is 0 Å². The molecule has 4 rings (SSSR count). The Bertz CT molecular complexity index is 289. The molecule has 2 aliphatic heterocycles. The molecular weight excluding hydrogens is 184 g/mol. The predicted molar refractivity (Wildman–Crippen MR) is 60.8 cm³/mol. The molecule has 2 saturated heterocycles. The minimum absolute atomic E-state index is 0.713. The van der Waals surface area contributed by atoms with E-state index < -0.39 is 0 Å². The SMILES string of the molecule is CC1CC2(CN3CC4(CCC4)C3)CC2N1. The smallest absolute Gasteiger partial charge is 0.0146 e. The summed E-state index contributed by atoms with van der Waals surface area (Å²) in [5, 5.41) is 3.71. The summed E-state index contributed by atoms with van der Waals surface area (Å²) in [6.45, 7) is 6.60. The molecule has 4 aliphatic rings. The second-order valence-electron chi connectivity index (χ2n) is 6.89. The standard InChI is InChI=1S/C13H22N2/c1-10-5-13(6-11(13)14-10)9-15-7-12(8-15)3-2-4-12/h10-11,14H,2-9H2,1H3. The van der Waals surface area contributed by atoms with Crippen LogP contribution in [0.4, 0.5) is 0 Å². The van der Waals surface area contributed by atoms with Gasteiger partial charge in [-0.2, -0.15) is 0 Å². The second-order valence-corrected chi connectivity index (χ2v) is 6.89. The lowest BCUT2D eigenvalue weighted by molar-refractivity contribution is -0.0687. The first-order valence-electron chi connectivity index (χ1n) is 6.68. The molecule has 4 fully saturated rings. The van der Waals surface area contributed by atoms with Crippen LogP contribution >= 0.6 is 0 Å². The van der Waals surface area contributed by atoms with E-state index in [1.165, 1.54) is 51.7 Å². The van der Waals surface area contributed by atoms with Crippen LogP contribution in [0.15, 0.2) is 0 Å². The van der Waals surface area contributed by atoms with E-state index in [9.17, 15) is 0 Å². The zero-order chi connectivity index (χ0) is 10.1. The van der Waals surface area contributed by atoms with E-state index in [1.54, 1.807) is 0 Å². The maximum atomic E-state index is 3.71. The van der Waals surface area contributed by atoms with E-state index in [0.29, 0.717) is 5.41 Å². The average molecular weight is 206 g/mol. The van der Waals surface area contributed by atoms with Crippen molar-refractivity contribution >= 4 is 0 Å². The van der Waals surface area contributed by atoms with E-state index in [1.807, 2.05) is 0 Å². The van der Waals surface area contributed by atoms with Gasteiger partial charge < -0.3 is 10.2 Å². The summed E-state index contributed by atoms with van der Waals surface area (Å²) in [6, 6.07) is 1.66. The van der Waals surface area contributed by atoms with Gasteiger partial charge >= 0.3 is 0 Å². The maximum absolute atomic E-state index is 3.71. The van der Waals surface area contributed by atoms with Crippen molar-refractivity contribution < 1.29 is 0 Å². The zero-order valence-electron chi connectivity index (χ0n) is 9.76. The van der Waals surface area contributed by atoms with Gasteiger partial charge in [-0.3, -0.25) is 0 Å². The fraction of sp³-hybridized carbons (Fsp3) is 1.00. The van der Waals surface area contributed by atoms with Crippen molar-refractivity contribution in [3.05, 3.63) is 0 Å². The molecule has 2 heterocycles. The molecule has 0 aromatic rings. The highest BCUT2D eigenvalue weighted by Crippen LogP contribution is 2.57. The highest BCUT2D eigenvalue weighted by atomic mass is 15.2. The molecule has 1 N–H and O–H groups in total. The Morgan fingerprint density at radius 2 is 2.07 bits per heavy atom. The Morgan fingerprint density at radius 1 is 1.27 bits per heavy atom. The third kappa shape index (κ3) is 1.18. The van der Waals surface area contributed by atoms with Crippen LogP contribution in [0.25, 0.3) is 0 Å². The van der Waals surface area contributed by atoms with Gasteiger partial charge in [0.2, 0.25) is 0 Å². The summed E-state index contributed by atoms with van der Waals surface area (Å²) in [7, 11) is 0. The number of hydrogen-bond acceptors (Lipinski definition) is 2. The van der Waals surface area contributed by atoms with Gasteiger partial charge in [0, 0.05) is 37.1 Å². The van der Waals surface area contributed by atoms with E-state index in [4.69, 9.17) is 0 Å². The molecule has 0 aromatic carbocycles. The third-order valence-electron chi connectivity index (χ3n) is 5.46. The summed E-state index contributed by atoms with van der Waals surface area (Å²) < 4.78 is 0. The predicted octanol–water partition coefficient (Wildman–Crippen LogP) is 1.61. The first kappa shape index (κ1) is 9.00. The summed E-state index contributed by atoms with van der Waals surface area (Å²) in [5.41, 5.74) is 1.53. The average Bonchev–Trinajstić information content (AvgIpc) is 2.58. The molecule has 0 aromatic heterocycles. The fourth-order valence-corrected chi connectivity index (χ4v) is 4.51. The maximum Gasteiger partial charge on any atom is 0.0146 e. The van der Waals surface area contributed by atoms with Gasteiger partial charge in [-0.1, -0.05) is 6.42 Å². The Morgan fingerprint density at radius 3 is 2.60 bits per heavy atom. The summed E-state index contributed by atoms with van der Waals surface area (Å²) in [6.07, 6.45) is 7.44. The van der Waals surface area contributed by atoms with Crippen molar-refractivity contribution in [2.24, 2.45) is 10.8 Å². The molecular formula is C13H22N2. The Labute approximate surface area is 92.4 Å². The lowest BCUT2D eigenvalue weighted by atomic mass is 9.63. The molecule has 0 amide bonds. The van der Waals surface area contributed by atoms with Gasteiger partial charge in [-0.25, -0.2) is 0 Å². The minimum atomic E-state index is 0.713. The van der Waals surface area contributed by atoms with Crippen LogP contribution in [-0.2, 0) is 0 Å². The van der Waals surface area contributed by atoms with E-state index in [-0.39, 0.29) is 0 Å². The molecule has 0 radical (unpaired) electrons. The van der Waals surface area contributed by atoms with Crippen molar-refractivity contribution in [3.8, 4) is 0 Å². The Balaban J connectivity index is 1.35. The molecule has 1 spiro atoms. The van der Waals surface area contributed by atoms with Crippen molar-refractivity contribution in [1.82, 2.24) is 10.2 Å². The summed E-state index contributed by atoms with van der Waals surface area (Å²) in [5.74, 6) is 0. The van der Waals surface area contributed by atoms with Crippen molar-refractivity contribution in [2.75, 3.05) is 19.6 Å². The highest BCUT2D eigenvalue weighted by molar-refractivity contribution is 5.17. The lowest BCUT2D eigenvalue weighted by Crippen LogP contribution is -2.60. The third-order valence-corrected chi connectivity index (χ3v) is 5.46. The molecule has 15 heavy (non-hydrogen) atoms. The van der Waals surface area contributed by atoms with Crippen LogP contribution in [0.5, 0.6) is 0 Å². The largest absolute Gasteiger partial charge is 0.311 e. The molecule has 0 bridgehead atoms. The first-order valence-corrected chi connectivity index (χ1v) is 6.68. The number of fused-ring (bicyclic) bond motifs is 1. The first-order chi connectivity index (χ1) is 7.20. The molecule has 3 unspecified atom stereocenters. The normalized spacial score (nSPS) is 51.0. The van der Waals surface area contributed by atoms with Gasteiger partial charge in [-0.15, -0.1) is 0 Å². The highest BCUT2D eigenvalue weighted by Gasteiger charge is 2.61. The van der Waals surface area contributed by atoms with E-state index in [2.05, 4.69) is 17.1 Å². The van der Waals surface area contributed by atoms with Crippen molar-refractivity contribution in [3.63, 3.8) is 0 Å². The zero-order valence-corrected chi connectivity index (χ0v) is 9.76. The molecule has 3 atom stereocenters. The Kier molecular flexibility index (Phi) is 1.56. The molecule has 2 heteroatoms. The second kappa shape index (κ2) is 2.60. The van der Waals surface area contributed by atoms with Crippen LogP contribution in [0.2, 0.25) is 0 Å². The number of rotatable bonds is 2. The minimum Gasteiger partial charge on any atom is -0.311 e. The van der Waals surface area contributed by atoms with E-state index >= 15 is 0 Å². The molecule has 2 aliphatic carbocycles. The molecule has 2 saturated carbocycles. The van der Waals surface area contributed by atoms with Gasteiger partial charge in [0.25, 0.3) is 0 Å². The fourth-order valence-electron chi connectivity index (χ4n) is 4.51.